The smallest absolute Gasteiger partial charge is 0.248 e. The Kier molecular flexibility index (Phi) is 10.6. The zero-order valence-electron chi connectivity index (χ0n) is 22.6. The van der Waals surface area contributed by atoms with Gasteiger partial charge in [0.1, 0.15) is 18.2 Å². The van der Waals surface area contributed by atoms with Crippen molar-refractivity contribution in [1.29, 1.82) is 0 Å². The zero-order chi connectivity index (χ0) is 26.3. The minimum atomic E-state index is -3.50. The summed E-state index contributed by atoms with van der Waals surface area (Å²) >= 11 is 0. The highest BCUT2D eigenvalue weighted by molar-refractivity contribution is 7.91. The molecule has 2 fully saturated rings. The van der Waals surface area contributed by atoms with Crippen molar-refractivity contribution >= 4 is 15.7 Å². The minimum Gasteiger partial charge on any atom is -0.497 e. The average molecular weight is 525 g/mol. The lowest BCUT2D eigenvalue weighted by molar-refractivity contribution is -0.137. The van der Waals surface area contributed by atoms with Gasteiger partial charge in [0, 0.05) is 51.9 Å². The third-order valence-electron chi connectivity index (χ3n) is 7.54. The van der Waals surface area contributed by atoms with Gasteiger partial charge in [-0.25, -0.2) is 8.42 Å². The molecule has 1 amide bonds. The highest BCUT2D eigenvalue weighted by atomic mass is 32.2. The Labute approximate surface area is 217 Å². The summed E-state index contributed by atoms with van der Waals surface area (Å²) in [5, 5.41) is 2.94. The molecule has 1 aromatic rings. The van der Waals surface area contributed by atoms with Crippen LogP contribution in [0, 0.1) is 13.8 Å². The van der Waals surface area contributed by atoms with Crippen LogP contribution in [0.3, 0.4) is 0 Å². The lowest BCUT2D eigenvalue weighted by Crippen LogP contribution is -2.52. The molecule has 0 spiro atoms. The molecule has 2 atom stereocenters. The quantitative estimate of drug-likeness (QED) is 0.437. The summed E-state index contributed by atoms with van der Waals surface area (Å²) in [5.74, 6) is 0.438. The molecular weight excluding hydrogens is 480 g/mol. The number of nitrogens with one attached hydrogen (secondary N) is 1. The molecule has 1 aliphatic heterocycles. The molecule has 1 saturated carbocycles. The van der Waals surface area contributed by atoms with Crippen LogP contribution in [-0.4, -0.2) is 114 Å². The summed E-state index contributed by atoms with van der Waals surface area (Å²) in [6.45, 7) is 8.60. The largest absolute Gasteiger partial charge is 0.497 e. The first kappa shape index (κ1) is 28.8. The standard InChI is InChI=1S/C26H44N4O5S/c1-20-15-24(34-5)16-21(2)26(20)36(32,33)19-27-9-14-35-18-25(31)29(4)22-7-6-8-23(17-22)30-12-10-28(3)11-13-30/h15-16,22-23,27H,6-14,17-19H2,1-5H3. The van der Waals surface area contributed by atoms with Gasteiger partial charge in [0.25, 0.3) is 0 Å². The topological polar surface area (TPSA) is 91.4 Å². The van der Waals surface area contributed by atoms with Gasteiger partial charge in [-0.05, 0) is 69.8 Å². The van der Waals surface area contributed by atoms with Gasteiger partial charge in [-0.1, -0.05) is 0 Å². The molecule has 3 rings (SSSR count). The van der Waals surface area contributed by atoms with E-state index in [0.717, 1.165) is 45.4 Å². The number of piperazine rings is 1. The van der Waals surface area contributed by atoms with Crippen LogP contribution in [0.25, 0.3) is 0 Å². The highest BCUT2D eigenvalue weighted by Crippen LogP contribution is 2.27. The molecule has 9 nitrogen and oxygen atoms in total. The Hall–Kier alpha value is -1.72. The summed E-state index contributed by atoms with van der Waals surface area (Å²) in [5.41, 5.74) is 1.33. The number of hydrogen-bond acceptors (Lipinski definition) is 8. The molecule has 0 radical (unpaired) electrons. The van der Waals surface area contributed by atoms with Crippen molar-refractivity contribution < 1.29 is 22.7 Å². The van der Waals surface area contributed by atoms with Gasteiger partial charge in [-0.3, -0.25) is 9.69 Å². The van der Waals surface area contributed by atoms with Crippen molar-refractivity contribution in [3.8, 4) is 5.75 Å². The van der Waals surface area contributed by atoms with Crippen molar-refractivity contribution in [2.75, 3.05) is 73.0 Å². The molecule has 1 saturated heterocycles. The maximum Gasteiger partial charge on any atom is 0.248 e. The number of sulfone groups is 1. The molecule has 2 aliphatic rings. The molecule has 204 valence electrons. The van der Waals surface area contributed by atoms with E-state index in [4.69, 9.17) is 9.47 Å². The van der Waals surface area contributed by atoms with Crippen LogP contribution < -0.4 is 10.1 Å². The molecule has 2 unspecified atom stereocenters. The van der Waals surface area contributed by atoms with Crippen LogP contribution in [-0.2, 0) is 19.4 Å². The fraction of sp³-hybridized carbons (Fsp3) is 0.731. The van der Waals surface area contributed by atoms with Gasteiger partial charge >= 0.3 is 0 Å². The highest BCUT2D eigenvalue weighted by Gasteiger charge is 2.31. The third kappa shape index (κ3) is 7.64. The average Bonchev–Trinajstić information content (AvgIpc) is 2.85. The van der Waals surface area contributed by atoms with E-state index in [1.807, 2.05) is 11.9 Å². The van der Waals surface area contributed by atoms with E-state index in [9.17, 15) is 13.2 Å². The zero-order valence-corrected chi connectivity index (χ0v) is 23.4. The Balaban J connectivity index is 1.38. The molecular formula is C26H44N4O5S. The number of carbonyl (C=O) groups is 1. The van der Waals surface area contributed by atoms with E-state index in [0.29, 0.717) is 34.4 Å². The number of aryl methyl sites for hydroxylation is 2. The Bertz CT molecular complexity index is 956. The van der Waals surface area contributed by atoms with Gasteiger partial charge in [0.15, 0.2) is 9.84 Å². The normalized spacial score (nSPS) is 21.9. The number of hydrogen-bond donors (Lipinski definition) is 1. The number of benzene rings is 1. The van der Waals surface area contributed by atoms with Crippen LogP contribution in [0.1, 0.15) is 36.8 Å². The predicted molar refractivity (Wildman–Crippen MR) is 141 cm³/mol. The maximum absolute atomic E-state index is 12.8. The molecule has 36 heavy (non-hydrogen) atoms. The van der Waals surface area contributed by atoms with E-state index < -0.39 is 9.84 Å². The van der Waals surface area contributed by atoms with Gasteiger partial charge in [0.2, 0.25) is 5.91 Å². The Morgan fingerprint density at radius 2 is 1.81 bits per heavy atom. The first-order valence-corrected chi connectivity index (χ1v) is 14.6. The number of methoxy groups -OCH3 is 1. The summed E-state index contributed by atoms with van der Waals surface area (Å²) in [6.07, 6.45) is 4.42. The Morgan fingerprint density at radius 3 is 2.44 bits per heavy atom. The van der Waals surface area contributed by atoms with Crippen LogP contribution in [0.2, 0.25) is 0 Å². The first-order valence-electron chi connectivity index (χ1n) is 13.0. The molecule has 1 N–H and O–H groups in total. The second kappa shape index (κ2) is 13.2. The van der Waals surface area contributed by atoms with E-state index in [2.05, 4.69) is 22.2 Å². The number of likely N-dealkylation sites (N-methyl/N-ethyl adjacent to an activating group) is 2. The fourth-order valence-corrected chi connectivity index (χ4v) is 7.07. The van der Waals surface area contributed by atoms with Crippen molar-refractivity contribution in [2.24, 2.45) is 0 Å². The predicted octanol–water partition coefficient (Wildman–Crippen LogP) is 1.67. The number of carbonyl (C=O) groups excluding carboxylic acids is 1. The number of rotatable bonds is 11. The maximum atomic E-state index is 12.8. The molecule has 0 aromatic heterocycles. The van der Waals surface area contributed by atoms with E-state index in [1.165, 1.54) is 6.42 Å². The van der Waals surface area contributed by atoms with Crippen LogP contribution in [0.5, 0.6) is 5.75 Å². The van der Waals surface area contributed by atoms with Crippen molar-refractivity contribution in [1.82, 2.24) is 20.0 Å². The van der Waals surface area contributed by atoms with Crippen molar-refractivity contribution in [3.63, 3.8) is 0 Å². The lowest BCUT2D eigenvalue weighted by Gasteiger charge is -2.43. The molecule has 1 heterocycles. The van der Waals surface area contributed by atoms with Crippen molar-refractivity contribution in [2.45, 2.75) is 56.5 Å². The molecule has 1 aromatic carbocycles. The summed E-state index contributed by atoms with van der Waals surface area (Å²) in [7, 11) is 2.12. The number of amides is 1. The van der Waals surface area contributed by atoms with Gasteiger partial charge < -0.3 is 24.6 Å². The van der Waals surface area contributed by atoms with Gasteiger partial charge in [0.05, 0.1) is 18.6 Å². The second-order valence-corrected chi connectivity index (χ2v) is 12.1. The van der Waals surface area contributed by atoms with Gasteiger partial charge in [-0.15, -0.1) is 0 Å². The summed E-state index contributed by atoms with van der Waals surface area (Å²) in [4.78, 5) is 19.9. The van der Waals surface area contributed by atoms with Crippen molar-refractivity contribution in [3.05, 3.63) is 23.3 Å². The van der Waals surface area contributed by atoms with Crippen LogP contribution in [0.15, 0.2) is 17.0 Å². The van der Waals surface area contributed by atoms with Crippen LogP contribution >= 0.6 is 0 Å². The molecule has 1 aliphatic carbocycles. The lowest BCUT2D eigenvalue weighted by atomic mass is 9.88. The molecule has 0 bridgehead atoms. The summed E-state index contributed by atoms with van der Waals surface area (Å²) in [6, 6.07) is 4.26. The van der Waals surface area contributed by atoms with E-state index >= 15 is 0 Å². The Morgan fingerprint density at radius 1 is 1.14 bits per heavy atom. The van der Waals surface area contributed by atoms with Crippen LogP contribution in [0.4, 0.5) is 0 Å². The number of ether oxygens (including phenoxy) is 2. The van der Waals surface area contributed by atoms with E-state index in [1.54, 1.807) is 33.1 Å². The fourth-order valence-electron chi connectivity index (χ4n) is 5.42. The van der Waals surface area contributed by atoms with Gasteiger partial charge in [-0.2, -0.15) is 0 Å². The molecule has 10 heteroatoms. The SMILES string of the molecule is COc1cc(C)c(S(=O)(=O)CNCCOCC(=O)N(C)C2CCCC(N3CCN(C)CC3)C2)c(C)c1. The number of nitrogens with zero attached hydrogens (tertiary/aromatic N) is 3. The summed E-state index contributed by atoms with van der Waals surface area (Å²) < 4.78 is 36.4. The monoisotopic (exact) mass is 524 g/mol. The van der Waals surface area contributed by atoms with E-state index in [-0.39, 0.29) is 31.0 Å². The minimum absolute atomic E-state index is 0.0112. The first-order chi connectivity index (χ1) is 17.1. The third-order valence-corrected chi connectivity index (χ3v) is 9.39. The second-order valence-electron chi connectivity index (χ2n) is 10.2.